The van der Waals surface area contributed by atoms with Gasteiger partial charge in [0.1, 0.15) is 11.8 Å². The van der Waals surface area contributed by atoms with Crippen molar-refractivity contribution in [3.63, 3.8) is 0 Å². The third-order valence-electron chi connectivity index (χ3n) is 3.57. The average molecular weight is 296 g/mol. The van der Waals surface area contributed by atoms with Gasteiger partial charge in [0.05, 0.1) is 19.2 Å². The molecule has 2 aromatic rings. The van der Waals surface area contributed by atoms with E-state index >= 15 is 0 Å². The monoisotopic (exact) mass is 296 g/mol. The summed E-state index contributed by atoms with van der Waals surface area (Å²) in [6, 6.07) is 15.8. The first-order chi connectivity index (χ1) is 10.7. The number of para-hydroxylation sites is 1. The van der Waals surface area contributed by atoms with Crippen LogP contribution in [0.3, 0.4) is 0 Å². The van der Waals surface area contributed by atoms with E-state index < -0.39 is 6.04 Å². The molecule has 0 radical (unpaired) electrons. The van der Waals surface area contributed by atoms with E-state index in [1.165, 1.54) is 4.90 Å². The highest BCUT2D eigenvalue weighted by molar-refractivity contribution is 6.23. The number of nitrogens with zero attached hydrogens (tertiary/aromatic N) is 1. The zero-order chi connectivity index (χ0) is 15.5. The lowest BCUT2D eigenvalue weighted by Crippen LogP contribution is -2.34. The van der Waals surface area contributed by atoms with Crippen molar-refractivity contribution in [2.75, 3.05) is 17.3 Å². The molecule has 1 heterocycles. The van der Waals surface area contributed by atoms with Crippen molar-refractivity contribution >= 4 is 23.2 Å². The van der Waals surface area contributed by atoms with Crippen LogP contribution in [0.1, 0.15) is 6.42 Å². The highest BCUT2D eigenvalue weighted by Crippen LogP contribution is 2.27. The Labute approximate surface area is 128 Å². The van der Waals surface area contributed by atoms with Crippen molar-refractivity contribution in [1.29, 1.82) is 0 Å². The third kappa shape index (κ3) is 2.65. The summed E-state index contributed by atoms with van der Waals surface area (Å²) in [5, 5.41) is 3.11. The van der Waals surface area contributed by atoms with Crippen molar-refractivity contribution < 1.29 is 14.3 Å². The quantitative estimate of drug-likeness (QED) is 0.880. The Kier molecular flexibility index (Phi) is 3.78. The van der Waals surface area contributed by atoms with Crippen LogP contribution >= 0.6 is 0 Å². The van der Waals surface area contributed by atoms with E-state index in [4.69, 9.17) is 4.74 Å². The van der Waals surface area contributed by atoms with Crippen molar-refractivity contribution in [3.05, 3.63) is 54.6 Å². The van der Waals surface area contributed by atoms with Crippen molar-refractivity contribution in [2.45, 2.75) is 12.5 Å². The number of methoxy groups -OCH3 is 1. The lowest BCUT2D eigenvalue weighted by molar-refractivity contribution is -0.121. The second kappa shape index (κ2) is 5.89. The molecule has 1 fully saturated rings. The molecule has 0 unspecified atom stereocenters. The van der Waals surface area contributed by atoms with Gasteiger partial charge in [-0.25, -0.2) is 4.90 Å². The molecule has 1 saturated heterocycles. The number of amides is 2. The maximum absolute atomic E-state index is 12.5. The third-order valence-corrected chi connectivity index (χ3v) is 3.57. The van der Waals surface area contributed by atoms with Crippen LogP contribution in [0, 0.1) is 0 Å². The maximum atomic E-state index is 12.5. The molecule has 0 aliphatic carbocycles. The fourth-order valence-corrected chi connectivity index (χ4v) is 2.50. The lowest BCUT2D eigenvalue weighted by Gasteiger charge is -2.16. The van der Waals surface area contributed by atoms with Gasteiger partial charge in [-0.2, -0.15) is 0 Å². The van der Waals surface area contributed by atoms with Crippen LogP contribution in [0.5, 0.6) is 5.75 Å². The maximum Gasteiger partial charge on any atom is 0.256 e. The van der Waals surface area contributed by atoms with Crippen molar-refractivity contribution in [2.24, 2.45) is 0 Å². The highest BCUT2D eigenvalue weighted by Gasteiger charge is 2.39. The molecule has 1 aliphatic heterocycles. The van der Waals surface area contributed by atoms with Gasteiger partial charge >= 0.3 is 0 Å². The van der Waals surface area contributed by atoms with E-state index in [1.54, 1.807) is 31.4 Å². The number of rotatable bonds is 4. The van der Waals surface area contributed by atoms with E-state index in [0.717, 1.165) is 5.69 Å². The number of nitrogens with one attached hydrogen (secondary N) is 1. The largest absolute Gasteiger partial charge is 0.497 e. The number of benzene rings is 2. The van der Waals surface area contributed by atoms with Crippen LogP contribution in [0.15, 0.2) is 54.6 Å². The summed E-state index contributed by atoms with van der Waals surface area (Å²) in [5.41, 5.74) is 1.35. The summed E-state index contributed by atoms with van der Waals surface area (Å²) in [5.74, 6) is 0.145. The van der Waals surface area contributed by atoms with Crippen LogP contribution in [0.25, 0.3) is 0 Å². The predicted molar refractivity (Wildman–Crippen MR) is 84.0 cm³/mol. The molecule has 0 spiro atoms. The van der Waals surface area contributed by atoms with E-state index in [1.807, 2.05) is 30.3 Å². The van der Waals surface area contributed by atoms with Gasteiger partial charge in [-0.15, -0.1) is 0 Å². The Morgan fingerprint density at radius 2 is 1.86 bits per heavy atom. The van der Waals surface area contributed by atoms with Gasteiger partial charge in [-0.1, -0.05) is 24.3 Å². The number of imide groups is 1. The van der Waals surface area contributed by atoms with Gasteiger partial charge in [0.25, 0.3) is 5.91 Å². The summed E-state index contributed by atoms with van der Waals surface area (Å²) in [4.78, 5) is 25.9. The average Bonchev–Trinajstić information content (AvgIpc) is 2.82. The molecule has 1 N–H and O–H groups in total. The van der Waals surface area contributed by atoms with Crippen LogP contribution in [0.2, 0.25) is 0 Å². The van der Waals surface area contributed by atoms with Gasteiger partial charge in [0, 0.05) is 11.8 Å². The number of hydrogen-bond donors (Lipinski definition) is 1. The first-order valence-corrected chi connectivity index (χ1v) is 7.01. The standard InChI is InChI=1S/C17H16N2O3/c1-22-14-9-5-8-13(10-14)19-16(20)11-15(17(19)21)18-12-6-3-2-4-7-12/h2-10,15,18H,11H2,1H3/t15-/m1/s1. The molecule has 22 heavy (non-hydrogen) atoms. The zero-order valence-corrected chi connectivity index (χ0v) is 12.2. The number of carbonyl (C=O) groups is 2. The van der Waals surface area contributed by atoms with Gasteiger partial charge in [-0.3, -0.25) is 9.59 Å². The highest BCUT2D eigenvalue weighted by atomic mass is 16.5. The molecule has 1 atom stereocenters. The SMILES string of the molecule is COc1cccc(N2C(=O)C[C@@H](Nc3ccccc3)C2=O)c1. The van der Waals surface area contributed by atoms with E-state index in [9.17, 15) is 9.59 Å². The fourth-order valence-electron chi connectivity index (χ4n) is 2.50. The predicted octanol–water partition coefficient (Wildman–Crippen LogP) is 2.44. The molecular formula is C17H16N2O3. The Morgan fingerprint density at radius 1 is 1.09 bits per heavy atom. The van der Waals surface area contributed by atoms with Crippen molar-refractivity contribution in [3.8, 4) is 5.75 Å². The van der Waals surface area contributed by atoms with Crippen LogP contribution in [-0.4, -0.2) is 25.0 Å². The minimum atomic E-state index is -0.541. The number of hydrogen-bond acceptors (Lipinski definition) is 4. The molecule has 2 amide bonds. The molecule has 0 aromatic heterocycles. The summed E-state index contributed by atoms with van der Waals surface area (Å²) < 4.78 is 5.14. The fraction of sp³-hybridized carbons (Fsp3) is 0.176. The molecular weight excluding hydrogens is 280 g/mol. The zero-order valence-electron chi connectivity index (χ0n) is 12.2. The molecule has 0 saturated carbocycles. The Balaban J connectivity index is 1.82. The van der Waals surface area contributed by atoms with Crippen LogP contribution < -0.4 is 15.0 Å². The molecule has 2 aromatic carbocycles. The van der Waals surface area contributed by atoms with Crippen LogP contribution in [-0.2, 0) is 9.59 Å². The topological polar surface area (TPSA) is 58.6 Å². The molecule has 5 heteroatoms. The molecule has 112 valence electrons. The number of ether oxygens (including phenoxy) is 1. The second-order valence-corrected chi connectivity index (χ2v) is 5.04. The van der Waals surface area contributed by atoms with Gasteiger partial charge < -0.3 is 10.1 Å². The lowest BCUT2D eigenvalue weighted by atomic mass is 10.2. The first kappa shape index (κ1) is 14.1. The van der Waals surface area contributed by atoms with Gasteiger partial charge in [0.2, 0.25) is 5.91 Å². The Morgan fingerprint density at radius 3 is 2.59 bits per heavy atom. The van der Waals surface area contributed by atoms with E-state index in [2.05, 4.69) is 5.32 Å². The minimum Gasteiger partial charge on any atom is -0.497 e. The number of anilines is 2. The van der Waals surface area contributed by atoms with Gasteiger partial charge in [-0.05, 0) is 24.3 Å². The molecule has 3 rings (SSSR count). The first-order valence-electron chi connectivity index (χ1n) is 7.01. The summed E-state index contributed by atoms with van der Waals surface area (Å²) in [6.45, 7) is 0. The summed E-state index contributed by atoms with van der Waals surface area (Å²) >= 11 is 0. The summed E-state index contributed by atoms with van der Waals surface area (Å²) in [6.07, 6.45) is 0.144. The summed E-state index contributed by atoms with van der Waals surface area (Å²) in [7, 11) is 1.55. The minimum absolute atomic E-state index is 0.144. The van der Waals surface area contributed by atoms with E-state index in [0.29, 0.717) is 11.4 Å². The van der Waals surface area contributed by atoms with E-state index in [-0.39, 0.29) is 18.2 Å². The second-order valence-electron chi connectivity index (χ2n) is 5.04. The Bertz CT molecular complexity index is 700. The molecule has 1 aliphatic rings. The van der Waals surface area contributed by atoms with Gasteiger partial charge in [0.15, 0.2) is 0 Å². The number of carbonyl (C=O) groups excluding carboxylic acids is 2. The molecule has 0 bridgehead atoms. The van der Waals surface area contributed by atoms with Crippen LogP contribution in [0.4, 0.5) is 11.4 Å². The normalized spacial score (nSPS) is 17.7. The molecule has 5 nitrogen and oxygen atoms in total. The Hall–Kier alpha value is -2.82. The van der Waals surface area contributed by atoms with Crippen molar-refractivity contribution in [1.82, 2.24) is 0 Å². The smallest absolute Gasteiger partial charge is 0.256 e.